The van der Waals surface area contributed by atoms with Crippen LogP contribution >= 0.6 is 0 Å². The van der Waals surface area contributed by atoms with Gasteiger partial charge in [-0.25, -0.2) is 4.79 Å². The zero-order valence-electron chi connectivity index (χ0n) is 8.16. The lowest BCUT2D eigenvalue weighted by atomic mass is 10.2. The molecule has 0 aromatic rings. The minimum Gasteiger partial charge on any atom is -0.467 e. The zero-order chi connectivity index (χ0) is 10.4. The highest BCUT2D eigenvalue weighted by molar-refractivity contribution is 5.87. The number of methoxy groups -OCH3 is 1. The van der Waals surface area contributed by atoms with Crippen LogP contribution in [0.2, 0.25) is 0 Å². The van der Waals surface area contributed by atoms with E-state index in [0.717, 1.165) is 0 Å². The Balaban J connectivity index is 3.98. The molecule has 0 fully saturated rings. The van der Waals surface area contributed by atoms with Crippen molar-refractivity contribution in [3.8, 4) is 0 Å². The smallest absolute Gasteiger partial charge is 0.328 e. The van der Waals surface area contributed by atoms with Crippen LogP contribution < -0.4 is 11.1 Å². The molecule has 2 unspecified atom stereocenters. The SMILES string of the molecule is CCC(N)C(=O)NC(C)C(=O)OC. The van der Waals surface area contributed by atoms with E-state index in [1.165, 1.54) is 7.11 Å². The molecule has 0 bridgehead atoms. The first-order valence-electron chi connectivity index (χ1n) is 4.16. The van der Waals surface area contributed by atoms with Gasteiger partial charge in [0.2, 0.25) is 5.91 Å². The number of ether oxygens (including phenoxy) is 1. The molecule has 76 valence electrons. The maximum atomic E-state index is 11.2. The second-order valence-electron chi connectivity index (χ2n) is 2.77. The summed E-state index contributed by atoms with van der Waals surface area (Å²) >= 11 is 0. The molecule has 0 rings (SSSR count). The van der Waals surface area contributed by atoms with Crippen LogP contribution in [-0.4, -0.2) is 31.1 Å². The van der Waals surface area contributed by atoms with Crippen LogP contribution in [0.25, 0.3) is 0 Å². The summed E-state index contributed by atoms with van der Waals surface area (Å²) in [6, 6.07) is -1.21. The molecule has 1 amide bonds. The average Bonchev–Trinajstić information content (AvgIpc) is 2.14. The van der Waals surface area contributed by atoms with E-state index in [2.05, 4.69) is 10.1 Å². The Bertz CT molecular complexity index is 194. The fourth-order valence-corrected chi connectivity index (χ4v) is 0.742. The molecule has 2 atom stereocenters. The van der Waals surface area contributed by atoms with E-state index in [0.29, 0.717) is 6.42 Å². The van der Waals surface area contributed by atoms with Gasteiger partial charge in [0.25, 0.3) is 0 Å². The van der Waals surface area contributed by atoms with Crippen molar-refractivity contribution in [3.63, 3.8) is 0 Å². The largest absolute Gasteiger partial charge is 0.467 e. The van der Waals surface area contributed by atoms with Gasteiger partial charge in [-0.1, -0.05) is 6.92 Å². The summed E-state index contributed by atoms with van der Waals surface area (Å²) in [6.07, 6.45) is 0.541. The summed E-state index contributed by atoms with van der Waals surface area (Å²) in [5.74, 6) is -0.808. The molecule has 3 N–H and O–H groups in total. The summed E-state index contributed by atoms with van der Waals surface area (Å²) in [7, 11) is 1.27. The van der Waals surface area contributed by atoms with Crippen LogP contribution in [0.3, 0.4) is 0 Å². The molecule has 5 nitrogen and oxygen atoms in total. The van der Waals surface area contributed by atoms with Crippen LogP contribution in [0.5, 0.6) is 0 Å². The van der Waals surface area contributed by atoms with E-state index in [1.54, 1.807) is 13.8 Å². The third-order valence-corrected chi connectivity index (χ3v) is 1.69. The van der Waals surface area contributed by atoms with Crippen LogP contribution in [0.1, 0.15) is 20.3 Å². The highest BCUT2D eigenvalue weighted by Gasteiger charge is 2.18. The number of hydrogen-bond donors (Lipinski definition) is 2. The molecule has 0 heterocycles. The van der Waals surface area contributed by atoms with Crippen LogP contribution in [0, 0.1) is 0 Å². The number of amides is 1. The van der Waals surface area contributed by atoms with Gasteiger partial charge in [0.05, 0.1) is 13.2 Å². The summed E-state index contributed by atoms with van der Waals surface area (Å²) < 4.78 is 4.43. The van der Waals surface area contributed by atoms with Crippen molar-refractivity contribution in [3.05, 3.63) is 0 Å². The van der Waals surface area contributed by atoms with E-state index in [1.807, 2.05) is 0 Å². The first-order valence-corrected chi connectivity index (χ1v) is 4.16. The molecule has 0 radical (unpaired) electrons. The number of esters is 1. The molecular formula is C8H16N2O3. The summed E-state index contributed by atoms with van der Waals surface area (Å²) in [4.78, 5) is 22.0. The first kappa shape index (κ1) is 11.9. The maximum absolute atomic E-state index is 11.2. The van der Waals surface area contributed by atoms with Gasteiger partial charge in [-0.2, -0.15) is 0 Å². The van der Waals surface area contributed by atoms with Gasteiger partial charge in [-0.15, -0.1) is 0 Å². The topological polar surface area (TPSA) is 81.4 Å². The predicted octanol–water partition coefficient (Wildman–Crippen LogP) is -0.599. The van der Waals surface area contributed by atoms with Crippen molar-refractivity contribution in [1.82, 2.24) is 5.32 Å². The Hall–Kier alpha value is -1.10. The van der Waals surface area contributed by atoms with E-state index >= 15 is 0 Å². The van der Waals surface area contributed by atoms with Crippen molar-refractivity contribution in [2.45, 2.75) is 32.4 Å². The number of nitrogens with one attached hydrogen (secondary N) is 1. The second-order valence-corrected chi connectivity index (χ2v) is 2.77. The molecule has 0 aromatic carbocycles. The van der Waals surface area contributed by atoms with Gasteiger partial charge in [-0.05, 0) is 13.3 Å². The number of nitrogens with two attached hydrogens (primary N) is 1. The van der Waals surface area contributed by atoms with Gasteiger partial charge >= 0.3 is 5.97 Å². The van der Waals surface area contributed by atoms with Gasteiger partial charge in [0, 0.05) is 0 Å². The number of rotatable bonds is 4. The summed E-state index contributed by atoms with van der Waals surface area (Å²) in [5.41, 5.74) is 5.44. The van der Waals surface area contributed by atoms with E-state index < -0.39 is 18.1 Å². The van der Waals surface area contributed by atoms with Gasteiger partial charge < -0.3 is 15.8 Å². The zero-order valence-corrected chi connectivity index (χ0v) is 8.16. The van der Waals surface area contributed by atoms with Crippen LogP contribution in [0.15, 0.2) is 0 Å². The monoisotopic (exact) mass is 188 g/mol. The molecule has 0 aliphatic heterocycles. The molecule has 0 aromatic heterocycles. The minimum absolute atomic E-state index is 0.333. The van der Waals surface area contributed by atoms with Gasteiger partial charge in [-0.3, -0.25) is 4.79 Å². The Labute approximate surface area is 77.6 Å². The lowest BCUT2D eigenvalue weighted by Gasteiger charge is -2.14. The fraction of sp³-hybridized carbons (Fsp3) is 0.750. The molecule has 5 heteroatoms. The quantitative estimate of drug-likeness (QED) is 0.577. The molecular weight excluding hydrogens is 172 g/mol. The third kappa shape index (κ3) is 3.89. The fourth-order valence-electron chi connectivity index (χ4n) is 0.742. The average molecular weight is 188 g/mol. The Morgan fingerprint density at radius 3 is 2.46 bits per heavy atom. The standard InChI is InChI=1S/C8H16N2O3/c1-4-6(9)7(11)10-5(2)8(12)13-3/h5-6H,4,9H2,1-3H3,(H,10,11). The predicted molar refractivity (Wildman–Crippen MR) is 47.9 cm³/mol. The molecule has 0 saturated carbocycles. The first-order chi connectivity index (χ1) is 6.02. The van der Waals surface area contributed by atoms with E-state index in [9.17, 15) is 9.59 Å². The van der Waals surface area contributed by atoms with Gasteiger partial charge in [0.1, 0.15) is 6.04 Å². The van der Waals surface area contributed by atoms with E-state index in [-0.39, 0.29) is 5.91 Å². The molecule has 0 aliphatic rings. The molecule has 0 aliphatic carbocycles. The number of hydrogen-bond acceptors (Lipinski definition) is 4. The Morgan fingerprint density at radius 1 is 1.54 bits per heavy atom. The highest BCUT2D eigenvalue weighted by atomic mass is 16.5. The van der Waals surface area contributed by atoms with Gasteiger partial charge in [0.15, 0.2) is 0 Å². The van der Waals surface area contributed by atoms with Crippen LogP contribution in [-0.2, 0) is 14.3 Å². The normalized spacial score (nSPS) is 14.5. The maximum Gasteiger partial charge on any atom is 0.328 e. The molecule has 13 heavy (non-hydrogen) atoms. The lowest BCUT2D eigenvalue weighted by Crippen LogP contribution is -2.47. The molecule has 0 saturated heterocycles. The van der Waals surface area contributed by atoms with Crippen molar-refractivity contribution in [1.29, 1.82) is 0 Å². The number of carbonyl (C=O) groups excluding carboxylic acids is 2. The van der Waals surface area contributed by atoms with E-state index in [4.69, 9.17) is 5.73 Å². The summed E-state index contributed by atoms with van der Waals surface area (Å²) in [6.45, 7) is 3.35. The Kier molecular flexibility index (Phi) is 5.06. The van der Waals surface area contributed by atoms with Crippen molar-refractivity contribution >= 4 is 11.9 Å². The highest BCUT2D eigenvalue weighted by Crippen LogP contribution is 1.90. The van der Waals surface area contributed by atoms with Crippen molar-refractivity contribution in [2.24, 2.45) is 5.73 Å². The van der Waals surface area contributed by atoms with Crippen molar-refractivity contribution < 1.29 is 14.3 Å². The minimum atomic E-state index is -0.643. The van der Waals surface area contributed by atoms with Crippen LogP contribution in [0.4, 0.5) is 0 Å². The van der Waals surface area contributed by atoms with Crippen molar-refractivity contribution in [2.75, 3.05) is 7.11 Å². The Morgan fingerprint density at radius 2 is 2.08 bits per heavy atom. The lowest BCUT2D eigenvalue weighted by molar-refractivity contribution is -0.144. The third-order valence-electron chi connectivity index (χ3n) is 1.69. The molecule has 0 spiro atoms. The second kappa shape index (κ2) is 5.53. The number of carbonyl (C=O) groups is 2. The summed E-state index contributed by atoms with van der Waals surface area (Å²) in [5, 5.41) is 2.44.